The highest BCUT2D eigenvalue weighted by molar-refractivity contribution is 7.00. The van der Waals surface area contributed by atoms with Crippen LogP contribution in [-0.4, -0.2) is 8.75 Å². The molecule has 1 N–H and O–H groups in total. The van der Waals surface area contributed by atoms with Crippen LogP contribution >= 0.6 is 34.9 Å². The Hall–Kier alpha value is -1.94. The standard InChI is InChI=1S/C13H5Cl2FN4S/c14-8-4-9(15)12-13(20-21-19-12)11(8)18-10-2-1-7(16)3-6(10)5-17/h1-4,18H. The number of anilines is 2. The van der Waals surface area contributed by atoms with E-state index in [4.69, 9.17) is 28.5 Å². The number of aromatic nitrogens is 2. The van der Waals surface area contributed by atoms with E-state index >= 15 is 0 Å². The van der Waals surface area contributed by atoms with Crippen LogP contribution in [0.2, 0.25) is 10.0 Å². The molecule has 1 heterocycles. The van der Waals surface area contributed by atoms with Gasteiger partial charge in [0.05, 0.1) is 38.7 Å². The second-order valence-electron chi connectivity index (χ2n) is 4.10. The molecule has 0 fully saturated rings. The third kappa shape index (κ3) is 2.51. The summed E-state index contributed by atoms with van der Waals surface area (Å²) in [5.41, 5.74) is 2.10. The van der Waals surface area contributed by atoms with Gasteiger partial charge in [0.15, 0.2) is 0 Å². The highest BCUT2D eigenvalue weighted by atomic mass is 35.5. The van der Waals surface area contributed by atoms with Gasteiger partial charge in [0.2, 0.25) is 0 Å². The van der Waals surface area contributed by atoms with Crippen molar-refractivity contribution in [1.29, 1.82) is 5.26 Å². The van der Waals surface area contributed by atoms with Gasteiger partial charge in [-0.05, 0) is 24.3 Å². The summed E-state index contributed by atoms with van der Waals surface area (Å²) in [7, 11) is 0. The zero-order chi connectivity index (χ0) is 15.0. The normalized spacial score (nSPS) is 10.6. The molecule has 1 aromatic heterocycles. The molecule has 2 aromatic carbocycles. The molecule has 0 aliphatic heterocycles. The summed E-state index contributed by atoms with van der Waals surface area (Å²) in [6, 6.07) is 7.33. The van der Waals surface area contributed by atoms with E-state index in [-0.39, 0.29) is 5.56 Å². The molecule has 0 aliphatic rings. The Bertz CT molecular complexity index is 888. The van der Waals surface area contributed by atoms with Crippen molar-refractivity contribution in [2.45, 2.75) is 0 Å². The number of nitrogens with one attached hydrogen (secondary N) is 1. The average molecular weight is 339 g/mol. The lowest BCUT2D eigenvalue weighted by Crippen LogP contribution is -1.96. The SMILES string of the molecule is N#Cc1cc(F)ccc1Nc1c(Cl)cc(Cl)c2nsnc12. The van der Waals surface area contributed by atoms with Crippen LogP contribution in [-0.2, 0) is 0 Å². The Labute approximate surface area is 133 Å². The average Bonchev–Trinajstić information content (AvgIpc) is 2.94. The molecule has 0 radical (unpaired) electrons. The van der Waals surface area contributed by atoms with Crippen LogP contribution in [0, 0.1) is 17.1 Å². The van der Waals surface area contributed by atoms with Crippen molar-refractivity contribution in [1.82, 2.24) is 8.75 Å². The Kier molecular flexibility index (Phi) is 3.64. The van der Waals surface area contributed by atoms with Crippen LogP contribution in [0.15, 0.2) is 24.3 Å². The first-order chi connectivity index (χ1) is 10.1. The van der Waals surface area contributed by atoms with E-state index in [0.29, 0.717) is 32.5 Å². The van der Waals surface area contributed by atoms with Gasteiger partial charge in [0.25, 0.3) is 0 Å². The molecule has 21 heavy (non-hydrogen) atoms. The molecule has 104 valence electrons. The molecular weight excluding hydrogens is 334 g/mol. The maximum absolute atomic E-state index is 13.2. The zero-order valence-electron chi connectivity index (χ0n) is 10.2. The van der Waals surface area contributed by atoms with Crippen molar-refractivity contribution >= 4 is 57.3 Å². The van der Waals surface area contributed by atoms with Crippen molar-refractivity contribution in [2.75, 3.05) is 5.32 Å². The lowest BCUT2D eigenvalue weighted by atomic mass is 10.1. The third-order valence-electron chi connectivity index (χ3n) is 2.81. The van der Waals surface area contributed by atoms with Crippen molar-refractivity contribution in [2.24, 2.45) is 0 Å². The van der Waals surface area contributed by atoms with E-state index in [0.717, 1.165) is 17.8 Å². The van der Waals surface area contributed by atoms with E-state index < -0.39 is 5.82 Å². The van der Waals surface area contributed by atoms with E-state index in [9.17, 15) is 4.39 Å². The molecule has 8 heteroatoms. The van der Waals surface area contributed by atoms with Gasteiger partial charge in [0, 0.05) is 0 Å². The Morgan fingerprint density at radius 3 is 2.67 bits per heavy atom. The fraction of sp³-hybridized carbons (Fsp3) is 0. The number of nitriles is 1. The second kappa shape index (κ2) is 5.45. The zero-order valence-corrected chi connectivity index (χ0v) is 12.5. The van der Waals surface area contributed by atoms with Gasteiger partial charge >= 0.3 is 0 Å². The van der Waals surface area contributed by atoms with Gasteiger partial charge in [0.1, 0.15) is 22.9 Å². The minimum absolute atomic E-state index is 0.164. The molecule has 0 amide bonds. The van der Waals surface area contributed by atoms with Crippen molar-refractivity contribution in [3.8, 4) is 6.07 Å². The second-order valence-corrected chi connectivity index (χ2v) is 5.45. The molecule has 3 rings (SSSR count). The van der Waals surface area contributed by atoms with E-state index in [1.54, 1.807) is 6.07 Å². The summed E-state index contributed by atoms with van der Waals surface area (Å²) in [5.74, 6) is -0.486. The molecule has 3 aromatic rings. The Morgan fingerprint density at radius 1 is 1.14 bits per heavy atom. The van der Waals surface area contributed by atoms with Crippen LogP contribution < -0.4 is 5.32 Å². The maximum atomic E-state index is 13.2. The van der Waals surface area contributed by atoms with Gasteiger partial charge in [-0.2, -0.15) is 14.0 Å². The maximum Gasteiger partial charge on any atom is 0.131 e. The highest BCUT2D eigenvalue weighted by Gasteiger charge is 2.15. The molecule has 0 saturated heterocycles. The highest BCUT2D eigenvalue weighted by Crippen LogP contribution is 2.37. The van der Waals surface area contributed by atoms with Crippen LogP contribution in [0.4, 0.5) is 15.8 Å². The summed E-state index contributed by atoms with van der Waals surface area (Å²) < 4.78 is 21.4. The summed E-state index contributed by atoms with van der Waals surface area (Å²) in [5, 5.41) is 12.8. The lowest BCUT2D eigenvalue weighted by molar-refractivity contribution is 0.627. The number of hydrogen-bond acceptors (Lipinski definition) is 5. The molecule has 0 unspecified atom stereocenters. The minimum atomic E-state index is -0.486. The van der Waals surface area contributed by atoms with Gasteiger partial charge in [-0.25, -0.2) is 4.39 Å². The minimum Gasteiger partial charge on any atom is -0.351 e. The smallest absolute Gasteiger partial charge is 0.131 e. The summed E-state index contributed by atoms with van der Waals surface area (Å²) in [4.78, 5) is 0. The van der Waals surface area contributed by atoms with E-state index in [1.807, 2.05) is 6.07 Å². The van der Waals surface area contributed by atoms with Crippen LogP contribution in [0.1, 0.15) is 5.56 Å². The summed E-state index contributed by atoms with van der Waals surface area (Å²) in [6.45, 7) is 0. The van der Waals surface area contributed by atoms with Gasteiger partial charge < -0.3 is 5.32 Å². The third-order valence-corrected chi connectivity index (χ3v) is 3.92. The fourth-order valence-electron chi connectivity index (χ4n) is 1.85. The monoisotopic (exact) mass is 338 g/mol. The van der Waals surface area contributed by atoms with Crippen molar-refractivity contribution < 1.29 is 4.39 Å². The predicted molar refractivity (Wildman–Crippen MR) is 81.8 cm³/mol. The van der Waals surface area contributed by atoms with Crippen LogP contribution in [0.25, 0.3) is 11.0 Å². The Morgan fingerprint density at radius 2 is 1.90 bits per heavy atom. The van der Waals surface area contributed by atoms with Crippen LogP contribution in [0.5, 0.6) is 0 Å². The first-order valence-electron chi connectivity index (χ1n) is 5.67. The quantitative estimate of drug-likeness (QED) is 0.732. The van der Waals surface area contributed by atoms with E-state index in [1.165, 1.54) is 12.1 Å². The summed E-state index contributed by atoms with van der Waals surface area (Å²) in [6.07, 6.45) is 0. The van der Waals surface area contributed by atoms with Crippen LogP contribution in [0.3, 0.4) is 0 Å². The number of hydrogen-bond donors (Lipinski definition) is 1. The fourth-order valence-corrected chi connectivity index (χ4v) is 3.01. The van der Waals surface area contributed by atoms with Crippen molar-refractivity contribution in [3.05, 3.63) is 45.7 Å². The number of nitrogens with zero attached hydrogens (tertiary/aromatic N) is 3. The first kappa shape index (κ1) is 14.0. The molecule has 0 atom stereocenters. The molecule has 0 saturated carbocycles. The predicted octanol–water partition coefficient (Wildman–Crippen LogP) is 4.75. The van der Waals surface area contributed by atoms with Gasteiger partial charge in [-0.15, -0.1) is 0 Å². The first-order valence-corrected chi connectivity index (χ1v) is 7.15. The molecule has 0 aliphatic carbocycles. The molecule has 4 nitrogen and oxygen atoms in total. The molecule has 0 bridgehead atoms. The topological polar surface area (TPSA) is 61.6 Å². The van der Waals surface area contributed by atoms with E-state index in [2.05, 4.69) is 14.1 Å². The number of fused-ring (bicyclic) bond motifs is 1. The Balaban J connectivity index is 2.15. The van der Waals surface area contributed by atoms with Gasteiger partial charge in [-0.1, -0.05) is 23.2 Å². The lowest BCUT2D eigenvalue weighted by Gasteiger charge is -2.11. The number of rotatable bonds is 2. The molecular formula is C13H5Cl2FN4S. The van der Waals surface area contributed by atoms with Crippen molar-refractivity contribution in [3.63, 3.8) is 0 Å². The summed E-state index contributed by atoms with van der Waals surface area (Å²) >= 11 is 13.2. The molecule has 0 spiro atoms. The number of halogens is 3. The largest absolute Gasteiger partial charge is 0.351 e. The van der Waals surface area contributed by atoms with Gasteiger partial charge in [-0.3, -0.25) is 0 Å². The number of benzene rings is 2.